The minimum atomic E-state index is -0.0310. The van der Waals surface area contributed by atoms with Crippen LogP contribution in [0.1, 0.15) is 41.0 Å². The van der Waals surface area contributed by atoms with E-state index in [1.54, 1.807) is 0 Å². The van der Waals surface area contributed by atoms with Crippen molar-refractivity contribution in [1.82, 2.24) is 10.2 Å². The molecule has 17 heavy (non-hydrogen) atoms. The highest BCUT2D eigenvalue weighted by Gasteiger charge is 2.13. The average Bonchev–Trinajstić information content (AvgIpc) is 2.08. The quantitative estimate of drug-likeness (QED) is 0.663. The van der Waals surface area contributed by atoms with Crippen molar-refractivity contribution in [3.8, 4) is 0 Å². The number of rotatable bonds is 8. The van der Waals surface area contributed by atoms with Crippen LogP contribution in [0.2, 0.25) is 0 Å². The second kappa shape index (κ2) is 8.06. The molecule has 0 saturated heterocycles. The lowest BCUT2D eigenvalue weighted by atomic mass is 10.0. The number of nitrogens with one attached hydrogen (secondary N) is 1. The van der Waals surface area contributed by atoms with E-state index in [0.717, 1.165) is 25.6 Å². The van der Waals surface area contributed by atoms with Gasteiger partial charge in [0.15, 0.2) is 0 Å². The number of hydrogen-bond acceptors (Lipinski definition) is 3. The van der Waals surface area contributed by atoms with E-state index >= 15 is 0 Å². The van der Waals surface area contributed by atoms with Gasteiger partial charge in [0.2, 0.25) is 0 Å². The third-order valence-electron chi connectivity index (χ3n) is 2.41. The van der Waals surface area contributed by atoms with Gasteiger partial charge in [0, 0.05) is 19.1 Å². The molecule has 0 aliphatic heterocycles. The van der Waals surface area contributed by atoms with Crippen LogP contribution in [-0.2, 0) is 4.74 Å². The number of likely N-dealkylation sites (N-methyl/N-ethyl adjacent to an activating group) is 1. The lowest BCUT2D eigenvalue weighted by molar-refractivity contribution is -0.00204. The molecule has 0 bridgehead atoms. The maximum atomic E-state index is 5.71. The van der Waals surface area contributed by atoms with Crippen molar-refractivity contribution >= 4 is 0 Å². The molecule has 1 N–H and O–H groups in total. The van der Waals surface area contributed by atoms with Crippen LogP contribution in [0.4, 0.5) is 0 Å². The second-order valence-corrected chi connectivity index (χ2v) is 6.50. The molecule has 0 aliphatic carbocycles. The molecule has 0 amide bonds. The molecule has 0 aromatic rings. The summed E-state index contributed by atoms with van der Waals surface area (Å²) in [6.07, 6.45) is 1.22. The summed E-state index contributed by atoms with van der Waals surface area (Å²) in [6, 6.07) is 0.563. The van der Waals surface area contributed by atoms with Gasteiger partial charge in [0.05, 0.1) is 12.2 Å². The van der Waals surface area contributed by atoms with Gasteiger partial charge in [0.25, 0.3) is 0 Å². The fourth-order valence-corrected chi connectivity index (χ4v) is 1.85. The molecule has 0 aromatic carbocycles. The summed E-state index contributed by atoms with van der Waals surface area (Å²) < 4.78 is 5.71. The van der Waals surface area contributed by atoms with Crippen molar-refractivity contribution in [3.63, 3.8) is 0 Å². The van der Waals surface area contributed by atoms with Gasteiger partial charge >= 0.3 is 0 Å². The zero-order chi connectivity index (χ0) is 13.5. The first-order chi connectivity index (χ1) is 7.70. The lowest BCUT2D eigenvalue weighted by Gasteiger charge is -2.25. The van der Waals surface area contributed by atoms with Crippen LogP contribution in [0.5, 0.6) is 0 Å². The summed E-state index contributed by atoms with van der Waals surface area (Å²) in [4.78, 5) is 2.24. The van der Waals surface area contributed by atoms with Gasteiger partial charge in [-0.1, -0.05) is 13.8 Å². The Bertz CT molecular complexity index is 175. The second-order valence-electron chi connectivity index (χ2n) is 6.50. The van der Waals surface area contributed by atoms with Gasteiger partial charge in [0.1, 0.15) is 0 Å². The Kier molecular flexibility index (Phi) is 8.01. The maximum absolute atomic E-state index is 5.71. The molecular weight excluding hydrogens is 212 g/mol. The van der Waals surface area contributed by atoms with Gasteiger partial charge in [-0.2, -0.15) is 0 Å². The summed E-state index contributed by atoms with van der Waals surface area (Å²) in [6.45, 7) is 13.6. The molecule has 0 saturated carbocycles. The van der Waals surface area contributed by atoms with E-state index in [1.807, 2.05) is 0 Å². The standard InChI is InChI=1S/C14H32N2O/c1-12(2)10-13(11-16(6)7)15-8-9-17-14(3,4)5/h12-13,15H,8-11H2,1-7H3. The number of nitrogens with zero attached hydrogens (tertiary/aromatic N) is 1. The zero-order valence-corrected chi connectivity index (χ0v) is 12.8. The van der Waals surface area contributed by atoms with Crippen LogP contribution in [0.3, 0.4) is 0 Å². The van der Waals surface area contributed by atoms with E-state index in [9.17, 15) is 0 Å². The molecule has 104 valence electrons. The molecule has 1 atom stereocenters. The highest BCUT2D eigenvalue weighted by atomic mass is 16.5. The van der Waals surface area contributed by atoms with Crippen molar-refractivity contribution in [2.24, 2.45) is 5.92 Å². The fraction of sp³-hybridized carbons (Fsp3) is 1.00. The molecule has 0 spiro atoms. The highest BCUT2D eigenvalue weighted by molar-refractivity contribution is 4.71. The summed E-state index contributed by atoms with van der Waals surface area (Å²) in [5.41, 5.74) is -0.0310. The number of hydrogen-bond donors (Lipinski definition) is 1. The Hall–Kier alpha value is -0.120. The zero-order valence-electron chi connectivity index (χ0n) is 12.8. The molecule has 0 rings (SSSR count). The third kappa shape index (κ3) is 12.1. The van der Waals surface area contributed by atoms with Crippen LogP contribution in [0, 0.1) is 5.92 Å². The predicted octanol–water partition coefficient (Wildman–Crippen LogP) is 2.37. The average molecular weight is 244 g/mol. The minimum Gasteiger partial charge on any atom is -0.375 e. The number of ether oxygens (including phenoxy) is 1. The topological polar surface area (TPSA) is 24.5 Å². The smallest absolute Gasteiger partial charge is 0.0599 e. The minimum absolute atomic E-state index is 0.0310. The Morgan fingerprint density at radius 3 is 2.18 bits per heavy atom. The van der Waals surface area contributed by atoms with Crippen molar-refractivity contribution in [3.05, 3.63) is 0 Å². The Morgan fingerprint density at radius 1 is 1.18 bits per heavy atom. The largest absolute Gasteiger partial charge is 0.375 e. The Balaban J connectivity index is 3.83. The van der Waals surface area contributed by atoms with Crippen LogP contribution < -0.4 is 5.32 Å². The predicted molar refractivity (Wildman–Crippen MR) is 75.5 cm³/mol. The monoisotopic (exact) mass is 244 g/mol. The molecule has 1 unspecified atom stereocenters. The molecule has 3 heteroatoms. The summed E-state index contributed by atoms with van der Waals surface area (Å²) >= 11 is 0. The van der Waals surface area contributed by atoms with E-state index in [0.29, 0.717) is 6.04 Å². The van der Waals surface area contributed by atoms with Crippen molar-refractivity contribution in [2.45, 2.75) is 52.7 Å². The molecule has 3 nitrogen and oxygen atoms in total. The van der Waals surface area contributed by atoms with Crippen LogP contribution >= 0.6 is 0 Å². The van der Waals surface area contributed by atoms with Crippen LogP contribution in [-0.4, -0.2) is 50.3 Å². The van der Waals surface area contributed by atoms with E-state index in [2.05, 4.69) is 58.9 Å². The van der Waals surface area contributed by atoms with Crippen LogP contribution in [0.25, 0.3) is 0 Å². The van der Waals surface area contributed by atoms with Crippen molar-refractivity contribution < 1.29 is 4.74 Å². The Morgan fingerprint density at radius 2 is 1.76 bits per heavy atom. The molecule has 0 radical (unpaired) electrons. The summed E-state index contributed by atoms with van der Waals surface area (Å²) in [5.74, 6) is 0.732. The molecule has 0 heterocycles. The van der Waals surface area contributed by atoms with Crippen LogP contribution in [0.15, 0.2) is 0 Å². The van der Waals surface area contributed by atoms with Gasteiger partial charge < -0.3 is 15.0 Å². The van der Waals surface area contributed by atoms with E-state index < -0.39 is 0 Å². The van der Waals surface area contributed by atoms with Gasteiger partial charge in [-0.15, -0.1) is 0 Å². The normalized spacial score (nSPS) is 14.6. The molecule has 0 aromatic heterocycles. The fourth-order valence-electron chi connectivity index (χ4n) is 1.85. The Labute approximate surface area is 108 Å². The molecule has 0 fully saturated rings. The first-order valence-electron chi connectivity index (χ1n) is 6.73. The third-order valence-corrected chi connectivity index (χ3v) is 2.41. The SMILES string of the molecule is CC(C)CC(CN(C)C)NCCOC(C)(C)C. The van der Waals surface area contributed by atoms with Crippen molar-refractivity contribution in [1.29, 1.82) is 0 Å². The first-order valence-corrected chi connectivity index (χ1v) is 6.73. The van der Waals surface area contributed by atoms with Crippen molar-refractivity contribution in [2.75, 3.05) is 33.8 Å². The lowest BCUT2D eigenvalue weighted by Crippen LogP contribution is -2.41. The highest BCUT2D eigenvalue weighted by Crippen LogP contribution is 2.07. The van der Waals surface area contributed by atoms with E-state index in [-0.39, 0.29) is 5.60 Å². The van der Waals surface area contributed by atoms with Gasteiger partial charge in [-0.05, 0) is 47.2 Å². The molecular formula is C14H32N2O. The molecule has 0 aliphatic rings. The van der Waals surface area contributed by atoms with Gasteiger partial charge in [-0.25, -0.2) is 0 Å². The maximum Gasteiger partial charge on any atom is 0.0599 e. The summed E-state index contributed by atoms with van der Waals surface area (Å²) in [5, 5.41) is 3.59. The van der Waals surface area contributed by atoms with E-state index in [1.165, 1.54) is 6.42 Å². The van der Waals surface area contributed by atoms with Gasteiger partial charge in [-0.3, -0.25) is 0 Å². The first kappa shape index (κ1) is 16.9. The van der Waals surface area contributed by atoms with E-state index in [4.69, 9.17) is 4.74 Å². The summed E-state index contributed by atoms with van der Waals surface area (Å²) in [7, 11) is 4.25.